The van der Waals surface area contributed by atoms with Crippen LogP contribution in [0.5, 0.6) is 0 Å². The molecule has 0 spiro atoms. The number of halogens is 1. The van der Waals surface area contributed by atoms with Crippen molar-refractivity contribution in [1.29, 1.82) is 0 Å². The van der Waals surface area contributed by atoms with Crippen LogP contribution in [-0.2, 0) is 6.54 Å². The van der Waals surface area contributed by atoms with Crippen LogP contribution in [-0.4, -0.2) is 5.16 Å². The fourth-order valence-electron chi connectivity index (χ4n) is 1.27. The lowest BCUT2D eigenvalue weighted by atomic mass is 10.1. The lowest BCUT2D eigenvalue weighted by Crippen LogP contribution is -1.95. The number of rotatable bonds is 2. The topological polar surface area (TPSA) is 52.0 Å². The smallest absolute Gasteiger partial charge is 0.171 e. The lowest BCUT2D eigenvalue weighted by molar-refractivity contribution is 0.431. The van der Waals surface area contributed by atoms with Gasteiger partial charge in [-0.25, -0.2) is 0 Å². The molecule has 2 N–H and O–H groups in total. The van der Waals surface area contributed by atoms with Crippen molar-refractivity contribution in [2.24, 2.45) is 5.73 Å². The summed E-state index contributed by atoms with van der Waals surface area (Å²) in [6.07, 6.45) is 1.65. The van der Waals surface area contributed by atoms with Crippen LogP contribution in [0.25, 0.3) is 11.3 Å². The molecule has 0 fully saturated rings. The van der Waals surface area contributed by atoms with Crippen LogP contribution in [0.1, 0.15) is 5.56 Å². The molecule has 3 nitrogen and oxygen atoms in total. The van der Waals surface area contributed by atoms with E-state index in [1.54, 1.807) is 6.20 Å². The molecule has 0 bridgehead atoms. The summed E-state index contributed by atoms with van der Waals surface area (Å²) in [7, 11) is 0. The van der Waals surface area contributed by atoms with Gasteiger partial charge in [0.25, 0.3) is 0 Å². The first kappa shape index (κ1) is 9.43. The van der Waals surface area contributed by atoms with E-state index in [4.69, 9.17) is 10.3 Å². The van der Waals surface area contributed by atoms with Gasteiger partial charge >= 0.3 is 0 Å². The number of benzene rings is 1. The molecular weight excluding hydrogens is 244 g/mol. The van der Waals surface area contributed by atoms with Crippen LogP contribution in [0.15, 0.2) is 39.5 Å². The zero-order valence-corrected chi connectivity index (χ0v) is 8.99. The van der Waals surface area contributed by atoms with Gasteiger partial charge < -0.3 is 10.3 Å². The Morgan fingerprint density at radius 3 is 3.00 bits per heavy atom. The maximum atomic E-state index is 5.56. The van der Waals surface area contributed by atoms with Crippen molar-refractivity contribution in [2.45, 2.75) is 6.54 Å². The number of nitrogens with two attached hydrogens (primary N) is 1. The Morgan fingerprint density at radius 1 is 1.43 bits per heavy atom. The van der Waals surface area contributed by atoms with Gasteiger partial charge in [0.1, 0.15) is 0 Å². The Hall–Kier alpha value is -1.13. The van der Waals surface area contributed by atoms with Crippen molar-refractivity contribution >= 4 is 15.9 Å². The molecule has 0 amide bonds. The average Bonchev–Trinajstić information content (AvgIpc) is 2.65. The fourth-order valence-corrected chi connectivity index (χ4v) is 1.67. The summed E-state index contributed by atoms with van der Waals surface area (Å²) in [4.78, 5) is 0. The van der Waals surface area contributed by atoms with Crippen LogP contribution in [0.2, 0.25) is 0 Å². The largest absolute Gasteiger partial charge is 0.356 e. The van der Waals surface area contributed by atoms with Crippen LogP contribution < -0.4 is 5.73 Å². The molecule has 0 aliphatic carbocycles. The summed E-state index contributed by atoms with van der Waals surface area (Å²) < 4.78 is 6.15. The summed E-state index contributed by atoms with van der Waals surface area (Å²) in [5.74, 6) is 0.744. The second-order valence-electron chi connectivity index (χ2n) is 2.89. The molecule has 2 aromatic rings. The Bertz CT molecular complexity index is 439. The minimum Gasteiger partial charge on any atom is -0.356 e. The van der Waals surface area contributed by atoms with E-state index in [-0.39, 0.29) is 0 Å². The fraction of sp³-hybridized carbons (Fsp3) is 0.100. The molecule has 0 aliphatic rings. The van der Waals surface area contributed by atoms with Crippen molar-refractivity contribution in [3.05, 3.63) is 40.5 Å². The summed E-state index contributed by atoms with van der Waals surface area (Å²) in [6, 6.07) is 7.84. The highest BCUT2D eigenvalue weighted by Gasteiger charge is 2.08. The van der Waals surface area contributed by atoms with Gasteiger partial charge in [0, 0.05) is 22.1 Å². The molecule has 1 heterocycles. The Balaban J connectivity index is 2.49. The van der Waals surface area contributed by atoms with Crippen molar-refractivity contribution < 1.29 is 4.52 Å². The number of nitrogens with zero attached hydrogens (tertiary/aromatic N) is 1. The number of hydrogen-bond donors (Lipinski definition) is 1. The quantitative estimate of drug-likeness (QED) is 0.894. The monoisotopic (exact) mass is 252 g/mol. The van der Waals surface area contributed by atoms with Gasteiger partial charge in [0.05, 0.1) is 6.20 Å². The maximum absolute atomic E-state index is 5.56. The first-order chi connectivity index (χ1) is 6.81. The van der Waals surface area contributed by atoms with Crippen LogP contribution in [0.3, 0.4) is 0 Å². The van der Waals surface area contributed by atoms with Gasteiger partial charge in [-0.3, -0.25) is 0 Å². The standard InChI is InChI=1S/C10H9BrN2O/c11-9-3-1-2-7(4-9)10-8(5-12)6-13-14-10/h1-4,6H,5,12H2. The molecular formula is C10H9BrN2O. The van der Waals surface area contributed by atoms with E-state index in [0.717, 1.165) is 21.4 Å². The van der Waals surface area contributed by atoms with E-state index in [1.807, 2.05) is 24.3 Å². The van der Waals surface area contributed by atoms with Crippen molar-refractivity contribution in [3.63, 3.8) is 0 Å². The first-order valence-electron chi connectivity index (χ1n) is 4.21. The van der Waals surface area contributed by atoms with Gasteiger partial charge in [-0.2, -0.15) is 0 Å². The number of hydrogen-bond acceptors (Lipinski definition) is 3. The van der Waals surface area contributed by atoms with Gasteiger partial charge in [0.15, 0.2) is 5.76 Å². The first-order valence-corrected chi connectivity index (χ1v) is 5.00. The summed E-state index contributed by atoms with van der Waals surface area (Å²) in [5.41, 5.74) is 7.46. The third-order valence-corrected chi connectivity index (χ3v) is 2.44. The third kappa shape index (κ3) is 1.71. The van der Waals surface area contributed by atoms with Gasteiger partial charge in [-0.15, -0.1) is 0 Å². The molecule has 0 radical (unpaired) electrons. The molecule has 0 unspecified atom stereocenters. The summed E-state index contributed by atoms with van der Waals surface area (Å²) in [6.45, 7) is 0.436. The highest BCUT2D eigenvalue weighted by molar-refractivity contribution is 9.10. The van der Waals surface area contributed by atoms with E-state index in [1.165, 1.54) is 0 Å². The third-order valence-electron chi connectivity index (χ3n) is 1.95. The second-order valence-corrected chi connectivity index (χ2v) is 3.81. The van der Waals surface area contributed by atoms with Crippen molar-refractivity contribution in [3.8, 4) is 11.3 Å². The predicted molar refractivity (Wildman–Crippen MR) is 57.5 cm³/mol. The Morgan fingerprint density at radius 2 is 2.29 bits per heavy atom. The highest BCUT2D eigenvalue weighted by atomic mass is 79.9. The van der Waals surface area contributed by atoms with Crippen LogP contribution in [0, 0.1) is 0 Å². The van der Waals surface area contributed by atoms with Crippen LogP contribution in [0.4, 0.5) is 0 Å². The molecule has 1 aromatic carbocycles. The minimum absolute atomic E-state index is 0.436. The second kappa shape index (κ2) is 3.94. The van der Waals surface area contributed by atoms with Gasteiger partial charge in [-0.1, -0.05) is 33.2 Å². The highest BCUT2D eigenvalue weighted by Crippen LogP contribution is 2.25. The van der Waals surface area contributed by atoms with E-state index < -0.39 is 0 Å². The molecule has 4 heteroatoms. The lowest BCUT2D eigenvalue weighted by Gasteiger charge is -1.98. The summed E-state index contributed by atoms with van der Waals surface area (Å²) in [5, 5.41) is 3.73. The molecule has 0 atom stereocenters. The molecule has 0 aliphatic heterocycles. The molecule has 2 rings (SSSR count). The summed E-state index contributed by atoms with van der Waals surface area (Å²) >= 11 is 3.40. The molecule has 72 valence electrons. The SMILES string of the molecule is NCc1cnoc1-c1cccc(Br)c1. The zero-order chi connectivity index (χ0) is 9.97. The zero-order valence-electron chi connectivity index (χ0n) is 7.40. The Labute approximate surface area is 90.0 Å². The van der Waals surface area contributed by atoms with Crippen molar-refractivity contribution in [1.82, 2.24) is 5.16 Å². The number of aromatic nitrogens is 1. The molecule has 1 aromatic heterocycles. The minimum atomic E-state index is 0.436. The van der Waals surface area contributed by atoms with Gasteiger partial charge in [-0.05, 0) is 12.1 Å². The maximum Gasteiger partial charge on any atom is 0.171 e. The van der Waals surface area contributed by atoms with E-state index in [2.05, 4.69) is 21.1 Å². The van der Waals surface area contributed by atoms with E-state index in [0.29, 0.717) is 6.54 Å². The van der Waals surface area contributed by atoms with Crippen LogP contribution >= 0.6 is 15.9 Å². The normalized spacial score (nSPS) is 10.4. The average molecular weight is 253 g/mol. The van der Waals surface area contributed by atoms with E-state index in [9.17, 15) is 0 Å². The van der Waals surface area contributed by atoms with E-state index >= 15 is 0 Å². The van der Waals surface area contributed by atoms with Gasteiger partial charge in [0.2, 0.25) is 0 Å². The molecule has 0 saturated carbocycles. The molecule has 0 saturated heterocycles. The Kier molecular flexibility index (Phi) is 2.65. The molecule has 14 heavy (non-hydrogen) atoms. The van der Waals surface area contributed by atoms with Crippen molar-refractivity contribution in [2.75, 3.05) is 0 Å². The predicted octanol–water partition coefficient (Wildman–Crippen LogP) is 2.56.